The van der Waals surface area contributed by atoms with Gasteiger partial charge in [-0.25, -0.2) is 13.2 Å². The molecule has 5 aliphatic rings. The summed E-state index contributed by atoms with van der Waals surface area (Å²) in [5.41, 5.74) is 3.17. The van der Waals surface area contributed by atoms with Gasteiger partial charge in [0.05, 0.1) is 5.75 Å². The van der Waals surface area contributed by atoms with Crippen LogP contribution in [0.1, 0.15) is 83.9 Å². The predicted molar refractivity (Wildman–Crippen MR) is 207 cm³/mol. The van der Waals surface area contributed by atoms with Crippen molar-refractivity contribution >= 4 is 21.9 Å². The van der Waals surface area contributed by atoms with Crippen LogP contribution in [0.4, 0.5) is 13.2 Å². The number of ether oxygens (including phenoxy) is 2. The minimum Gasteiger partial charge on any atom is -0.475 e. The van der Waals surface area contributed by atoms with Crippen LogP contribution < -0.4 is 20.1 Å². The Balaban J connectivity index is 0.000000784. The number of carbonyl (C=O) groups excluding carboxylic acids is 1. The van der Waals surface area contributed by atoms with Crippen molar-refractivity contribution in [2.24, 2.45) is 28.6 Å². The summed E-state index contributed by atoms with van der Waals surface area (Å²) in [5, 5.41) is 14.4. The van der Waals surface area contributed by atoms with Crippen molar-refractivity contribution in [2.75, 3.05) is 33.2 Å². The molecule has 3 saturated carbocycles. The fourth-order valence-electron chi connectivity index (χ4n) is 9.58. The molecule has 1 unspecified atom stereocenters. The number of carboxylic acid groups (broad SMARTS) is 1. The average molecular weight is 809 g/mol. The number of aliphatic carboxylic acids is 1. The maximum absolute atomic E-state index is 13.7. The molecule has 56 heavy (non-hydrogen) atoms. The van der Waals surface area contributed by atoms with E-state index in [2.05, 4.69) is 89.4 Å². The van der Waals surface area contributed by atoms with E-state index in [4.69, 9.17) is 19.4 Å². The fourth-order valence-corrected chi connectivity index (χ4v) is 11.3. The lowest BCUT2D eigenvalue weighted by molar-refractivity contribution is -0.192. The van der Waals surface area contributed by atoms with Crippen molar-refractivity contribution in [3.05, 3.63) is 59.2 Å². The molecule has 4 fully saturated rings. The molecule has 312 valence electrons. The first-order valence-corrected chi connectivity index (χ1v) is 21.0. The highest BCUT2D eigenvalue weighted by Gasteiger charge is 2.57. The first kappa shape index (κ1) is 43.7. The normalized spacial score (nSPS) is 26.1. The number of para-hydroxylation sites is 1. The summed E-state index contributed by atoms with van der Waals surface area (Å²) in [7, 11) is 0.668. The standard InChI is InChI=1S/C39H58N4O5S.C2HF3O2/c1-26-31-18-30(38(31,5)6)19-32(26)41-36(44)33-15-16-49(45,46)43(33)22-28-12-9-11-27(17-28)21-40-39(24-42(7)8,23-37(2,3)4)20-29-13-10-14-34-35(29)48-25-47-34;3-2(4,5)1(6)7/h9-14,17,26,30-33,40H,15-16,18-25H2,1-8H3,(H,41,44);(H,6,7)/t26-,30+,31-,32-,33?,39+;/m0./s1. The lowest BCUT2D eigenvalue weighted by Crippen LogP contribution is -2.61. The van der Waals surface area contributed by atoms with E-state index in [1.165, 1.54) is 10.7 Å². The molecular weight excluding hydrogens is 750 g/mol. The summed E-state index contributed by atoms with van der Waals surface area (Å²) < 4.78 is 71.4. The topological polar surface area (TPSA) is 138 Å². The Morgan fingerprint density at radius 1 is 1.04 bits per heavy atom. The van der Waals surface area contributed by atoms with Crippen LogP contribution in [-0.4, -0.2) is 91.6 Å². The first-order valence-electron chi connectivity index (χ1n) is 19.4. The van der Waals surface area contributed by atoms with Crippen molar-refractivity contribution in [1.29, 1.82) is 0 Å². The number of carbonyl (C=O) groups is 2. The second-order valence-corrected chi connectivity index (χ2v) is 20.3. The average Bonchev–Trinajstić information content (AvgIpc) is 3.68. The minimum atomic E-state index is -5.08. The van der Waals surface area contributed by atoms with Gasteiger partial charge in [0.25, 0.3) is 0 Å². The molecule has 2 aromatic carbocycles. The van der Waals surface area contributed by atoms with E-state index in [1.807, 2.05) is 24.3 Å². The third-order valence-electron chi connectivity index (χ3n) is 12.1. The molecule has 0 aromatic heterocycles. The highest BCUT2D eigenvalue weighted by atomic mass is 32.2. The quantitative estimate of drug-likeness (QED) is 0.229. The number of carboxylic acids is 1. The Hall–Kier alpha value is -3.40. The van der Waals surface area contributed by atoms with Gasteiger partial charge in [0, 0.05) is 36.8 Å². The van der Waals surface area contributed by atoms with Gasteiger partial charge in [0.1, 0.15) is 6.04 Å². The summed E-state index contributed by atoms with van der Waals surface area (Å²) in [6.07, 6.45) is -0.866. The van der Waals surface area contributed by atoms with Crippen LogP contribution in [-0.2, 0) is 39.1 Å². The molecule has 7 rings (SSSR count). The molecule has 3 aliphatic carbocycles. The number of fused-ring (bicyclic) bond motifs is 3. The Labute approximate surface area is 329 Å². The van der Waals surface area contributed by atoms with Gasteiger partial charge >= 0.3 is 12.1 Å². The summed E-state index contributed by atoms with van der Waals surface area (Å²) >= 11 is 0. The molecule has 0 spiro atoms. The van der Waals surface area contributed by atoms with Crippen LogP contribution in [0.2, 0.25) is 0 Å². The van der Waals surface area contributed by atoms with E-state index < -0.39 is 28.2 Å². The van der Waals surface area contributed by atoms with E-state index in [1.54, 1.807) is 0 Å². The second kappa shape index (κ2) is 16.5. The van der Waals surface area contributed by atoms with Crippen molar-refractivity contribution < 1.29 is 45.8 Å². The van der Waals surface area contributed by atoms with Crippen molar-refractivity contribution in [2.45, 2.75) is 111 Å². The lowest BCUT2D eigenvalue weighted by Gasteiger charge is -2.62. The number of benzene rings is 2. The number of sulfonamides is 1. The molecule has 15 heteroatoms. The number of hydrogen-bond donors (Lipinski definition) is 3. The number of halogens is 3. The number of likely N-dealkylation sites (N-methyl/N-ethyl adjacent to an activating group) is 1. The zero-order chi connectivity index (χ0) is 41.4. The molecule has 2 aliphatic heterocycles. The molecule has 2 bridgehead atoms. The SMILES string of the molecule is C[C@@H]1[C@@H](NC(=O)C2CCS(=O)(=O)N2Cc2cccc(CN[C@@](Cc3cccc4c3OCO4)(CN(C)C)CC(C)(C)C)c2)C[C@H]2C[C@@H]1C2(C)C.O=C(O)C(F)(F)F. The molecule has 2 heterocycles. The number of hydrogen-bond acceptors (Lipinski definition) is 8. The summed E-state index contributed by atoms with van der Waals surface area (Å²) in [6, 6.07) is 13.7. The predicted octanol–water partition coefficient (Wildman–Crippen LogP) is 6.21. The molecule has 1 saturated heterocycles. The van der Waals surface area contributed by atoms with Gasteiger partial charge in [-0.3, -0.25) is 4.79 Å². The van der Waals surface area contributed by atoms with Crippen LogP contribution in [0, 0.1) is 28.6 Å². The first-order chi connectivity index (χ1) is 25.9. The largest absolute Gasteiger partial charge is 0.490 e. The van der Waals surface area contributed by atoms with Crippen LogP contribution in [0.25, 0.3) is 0 Å². The van der Waals surface area contributed by atoms with E-state index in [9.17, 15) is 26.4 Å². The molecular formula is C41H59F3N4O7S. The van der Waals surface area contributed by atoms with Crippen LogP contribution in [0.15, 0.2) is 42.5 Å². The van der Waals surface area contributed by atoms with Gasteiger partial charge in [-0.15, -0.1) is 0 Å². The zero-order valence-electron chi connectivity index (χ0n) is 33.8. The Kier molecular flexibility index (Phi) is 12.8. The van der Waals surface area contributed by atoms with Gasteiger partial charge in [-0.2, -0.15) is 17.5 Å². The third kappa shape index (κ3) is 10.2. The lowest BCUT2D eigenvalue weighted by atomic mass is 9.45. The third-order valence-corrected chi connectivity index (χ3v) is 13.9. The summed E-state index contributed by atoms with van der Waals surface area (Å²) in [4.78, 5) is 24.8. The molecule has 0 radical (unpaired) electrons. The Bertz CT molecular complexity index is 1850. The van der Waals surface area contributed by atoms with E-state index in [-0.39, 0.29) is 42.0 Å². The number of nitrogens with one attached hydrogen (secondary N) is 2. The van der Waals surface area contributed by atoms with Gasteiger partial charge < -0.3 is 30.1 Å². The van der Waals surface area contributed by atoms with E-state index in [0.29, 0.717) is 36.1 Å². The van der Waals surface area contributed by atoms with Crippen LogP contribution in [0.5, 0.6) is 11.5 Å². The minimum absolute atomic E-state index is 0.00261. The van der Waals surface area contributed by atoms with E-state index >= 15 is 0 Å². The molecule has 11 nitrogen and oxygen atoms in total. The number of rotatable bonds is 12. The smallest absolute Gasteiger partial charge is 0.475 e. The van der Waals surface area contributed by atoms with Gasteiger partial charge in [-0.05, 0) is 92.0 Å². The highest BCUT2D eigenvalue weighted by Crippen LogP contribution is 2.61. The van der Waals surface area contributed by atoms with E-state index in [0.717, 1.165) is 54.0 Å². The molecule has 6 atom stereocenters. The fraction of sp³-hybridized carbons (Fsp3) is 0.659. The monoisotopic (exact) mass is 808 g/mol. The maximum Gasteiger partial charge on any atom is 0.490 e. The molecule has 3 N–H and O–H groups in total. The zero-order valence-corrected chi connectivity index (χ0v) is 34.6. The summed E-state index contributed by atoms with van der Waals surface area (Å²) in [5.74, 6) is 0.329. The van der Waals surface area contributed by atoms with Crippen molar-refractivity contribution in [1.82, 2.24) is 19.8 Å². The van der Waals surface area contributed by atoms with Gasteiger partial charge in [-0.1, -0.05) is 77.9 Å². The number of nitrogens with zero attached hydrogens (tertiary/aromatic N) is 2. The Morgan fingerprint density at radius 3 is 2.30 bits per heavy atom. The van der Waals surface area contributed by atoms with Gasteiger partial charge in [0.15, 0.2) is 11.5 Å². The van der Waals surface area contributed by atoms with Crippen molar-refractivity contribution in [3.63, 3.8) is 0 Å². The number of alkyl halides is 3. The molecule has 2 aromatic rings. The van der Waals surface area contributed by atoms with Gasteiger partial charge in [0.2, 0.25) is 22.7 Å². The molecule has 1 amide bonds. The summed E-state index contributed by atoms with van der Waals surface area (Å²) in [6.45, 7) is 15.6. The maximum atomic E-state index is 13.7. The van der Waals surface area contributed by atoms with Crippen LogP contribution in [0.3, 0.4) is 0 Å². The number of amides is 1. The van der Waals surface area contributed by atoms with Crippen LogP contribution >= 0.6 is 0 Å². The van der Waals surface area contributed by atoms with Crippen molar-refractivity contribution in [3.8, 4) is 11.5 Å². The highest BCUT2D eigenvalue weighted by molar-refractivity contribution is 7.89. The second-order valence-electron chi connectivity index (χ2n) is 18.3. The Morgan fingerprint density at radius 2 is 1.70 bits per heavy atom.